The number of rotatable bonds is 15. The minimum absolute atomic E-state index is 0.699. The van der Waals surface area contributed by atoms with Crippen LogP contribution >= 0.6 is 0 Å². The maximum Gasteiger partial charge on any atom is 0.217 e. The third-order valence-corrected chi connectivity index (χ3v) is 13.1. The van der Waals surface area contributed by atoms with Crippen molar-refractivity contribution in [2.24, 2.45) is 0 Å². The fraction of sp³-hybridized carbons (Fsp3) is 0.950. The van der Waals surface area contributed by atoms with E-state index in [2.05, 4.69) is 10.6 Å². The molecule has 6 fully saturated rings. The smallest absolute Gasteiger partial charge is 0.217 e. The predicted octanol–water partition coefficient (Wildman–Crippen LogP) is -10.7. The number of hydrogen-bond acceptors (Lipinski definition) is 28. The summed E-state index contributed by atoms with van der Waals surface area (Å²) >= 11 is 0. The third-order valence-electron chi connectivity index (χ3n) is 13.1. The van der Waals surface area contributed by atoms with Crippen LogP contribution in [-0.4, -0.2) is 292 Å². The summed E-state index contributed by atoms with van der Waals surface area (Å²) in [6.45, 7) is 3.43. The highest BCUT2D eigenvalue weighted by Crippen LogP contribution is 2.37. The van der Waals surface area contributed by atoms with E-state index < -0.39 is 216 Å². The Labute approximate surface area is 399 Å². The van der Waals surface area contributed by atoms with Crippen LogP contribution in [0.1, 0.15) is 34.6 Å². The van der Waals surface area contributed by atoms with Gasteiger partial charge in [0.05, 0.1) is 38.1 Å². The Morgan fingerprint density at radius 1 is 0.371 bits per heavy atom. The SMILES string of the molecule is CC(=O)N[C@H]1[C@@H](O[C@@H]2[C@@H](O)[C@H](C)O[C@@H](O[C@@H]3[C@@H](O)[C@H](C)O[C@@H](O[C@H]4[C@@H](O[C@H]5[C@H](O)[C@@H](CO)O[C@H](O[C@@H]6[C@@H](O)[C@H](C)O[C@@H](O)[C@@H]6O)[C@@H]5NC(C)=O)O[C@H](CO)[C@H](O)[C@@H]4O)[C@@H]3O)[C@@H]2O)O[C@H](CO)[C@@H](O)[C@@H]1O. The second kappa shape index (κ2) is 24.1. The molecule has 0 bridgehead atoms. The molecule has 0 saturated carbocycles. The van der Waals surface area contributed by atoms with Crippen molar-refractivity contribution in [1.29, 1.82) is 0 Å². The van der Waals surface area contributed by atoms with Gasteiger partial charge in [0, 0.05) is 13.8 Å². The number of ether oxygens (including phenoxy) is 11. The average Bonchev–Trinajstić information content (AvgIpc) is 3.31. The molecule has 0 spiro atoms. The molecule has 30 heteroatoms. The Balaban J connectivity index is 1.24. The normalized spacial score (nSPS) is 51.4. The zero-order valence-corrected chi connectivity index (χ0v) is 38.5. The quantitative estimate of drug-likeness (QED) is 0.0724. The van der Waals surface area contributed by atoms with E-state index in [0.717, 1.165) is 13.8 Å². The molecule has 0 aromatic heterocycles. The second-order valence-electron chi connectivity index (χ2n) is 18.2. The van der Waals surface area contributed by atoms with Gasteiger partial charge in [-0.3, -0.25) is 9.59 Å². The van der Waals surface area contributed by atoms with Crippen molar-refractivity contribution in [2.45, 2.75) is 219 Å². The summed E-state index contributed by atoms with van der Waals surface area (Å²) in [6.07, 6.45) is -49.3. The number of aliphatic hydroxyl groups excluding tert-OH is 15. The van der Waals surface area contributed by atoms with E-state index in [1.807, 2.05) is 0 Å². The van der Waals surface area contributed by atoms with Crippen molar-refractivity contribution in [3.63, 3.8) is 0 Å². The molecule has 70 heavy (non-hydrogen) atoms. The third kappa shape index (κ3) is 12.0. The van der Waals surface area contributed by atoms with Gasteiger partial charge in [-0.15, -0.1) is 0 Å². The summed E-state index contributed by atoms with van der Waals surface area (Å²) < 4.78 is 63.5. The van der Waals surface area contributed by atoms with Crippen molar-refractivity contribution in [2.75, 3.05) is 19.8 Å². The van der Waals surface area contributed by atoms with E-state index in [1.165, 1.54) is 20.8 Å². The highest BCUT2D eigenvalue weighted by atomic mass is 16.8. The van der Waals surface area contributed by atoms with Gasteiger partial charge in [0.2, 0.25) is 11.8 Å². The second-order valence-corrected chi connectivity index (χ2v) is 18.2. The topological polar surface area (TPSA) is 463 Å². The van der Waals surface area contributed by atoms with Gasteiger partial charge in [0.15, 0.2) is 37.7 Å². The molecular weight excluding hydrogens is 956 g/mol. The molecule has 406 valence electrons. The minimum atomic E-state index is -2.12. The van der Waals surface area contributed by atoms with Gasteiger partial charge in [-0.1, -0.05) is 0 Å². The monoisotopic (exact) mass is 1020 g/mol. The Bertz CT molecular complexity index is 1680. The first-order valence-electron chi connectivity index (χ1n) is 22.7. The summed E-state index contributed by atoms with van der Waals surface area (Å²) in [6, 6.07) is -3.15. The van der Waals surface area contributed by atoms with E-state index in [9.17, 15) is 86.2 Å². The van der Waals surface area contributed by atoms with Crippen LogP contribution in [0.25, 0.3) is 0 Å². The van der Waals surface area contributed by atoms with Gasteiger partial charge in [-0.05, 0) is 20.8 Å². The van der Waals surface area contributed by atoms with Crippen molar-refractivity contribution in [1.82, 2.24) is 10.6 Å². The van der Waals surface area contributed by atoms with Crippen LogP contribution in [0.5, 0.6) is 0 Å². The molecule has 6 rings (SSSR count). The van der Waals surface area contributed by atoms with E-state index in [4.69, 9.17) is 52.1 Å². The lowest BCUT2D eigenvalue weighted by atomic mass is 9.94. The molecule has 0 unspecified atom stereocenters. The first-order valence-corrected chi connectivity index (χ1v) is 22.7. The number of hydrogen-bond donors (Lipinski definition) is 17. The standard InChI is InChI=1S/C40H68N2O28/c1-9-19(48)31(27(56)35(59)60-9)67-37-18(42-13(5)47)30(24(53)16(8-45)64-37)66-40-34(26(55)23(52)15(7-44)65-40)70-39-29(58)33(21(50)11(3)62-39)69-38-28(57)32(20(49)10(2)61-38)68-36-17(41-12(4)46)25(54)22(51)14(6-43)63-36/h9-11,14-40,43-45,48-59H,6-8H2,1-5H3,(H,41,46)(H,42,47)/t9-,10-,11-,14+,15+,16+,17+,18+,19-,20-,21-,22+,23-,24+,25+,26-,27+,28+,29+,30+,31+,32+,33+,34+,35+,36+,37+,38-,39-,40+/m0/s1. The molecular formula is C40H68N2O28. The minimum Gasteiger partial charge on any atom is -0.394 e. The van der Waals surface area contributed by atoms with Crippen molar-refractivity contribution >= 4 is 11.8 Å². The molecule has 6 saturated heterocycles. The number of carbonyl (C=O) groups is 2. The Kier molecular flexibility index (Phi) is 19.7. The lowest BCUT2D eigenvalue weighted by Gasteiger charge is -2.50. The van der Waals surface area contributed by atoms with Gasteiger partial charge in [0.1, 0.15) is 128 Å². The summed E-state index contributed by atoms with van der Waals surface area (Å²) in [5, 5.41) is 168. The van der Waals surface area contributed by atoms with Gasteiger partial charge >= 0.3 is 0 Å². The molecule has 0 radical (unpaired) electrons. The average molecular weight is 1020 g/mol. The van der Waals surface area contributed by atoms with Crippen LogP contribution < -0.4 is 10.6 Å². The summed E-state index contributed by atoms with van der Waals surface area (Å²) in [5.41, 5.74) is 0. The molecule has 17 N–H and O–H groups in total. The van der Waals surface area contributed by atoms with Crippen molar-refractivity contribution < 1.29 is 138 Å². The van der Waals surface area contributed by atoms with Crippen molar-refractivity contribution in [3.8, 4) is 0 Å². The number of carbonyl (C=O) groups excluding carboxylic acids is 2. The van der Waals surface area contributed by atoms with Gasteiger partial charge in [-0.2, -0.15) is 0 Å². The Morgan fingerprint density at radius 2 is 0.729 bits per heavy atom. The lowest BCUT2D eigenvalue weighted by molar-refractivity contribution is -0.396. The zero-order valence-electron chi connectivity index (χ0n) is 38.5. The maximum absolute atomic E-state index is 12.6. The van der Waals surface area contributed by atoms with E-state index >= 15 is 0 Å². The largest absolute Gasteiger partial charge is 0.394 e. The maximum atomic E-state index is 12.6. The zero-order chi connectivity index (χ0) is 51.8. The first-order chi connectivity index (χ1) is 32.9. The molecule has 0 aliphatic carbocycles. The number of amides is 2. The van der Waals surface area contributed by atoms with Crippen molar-refractivity contribution in [3.05, 3.63) is 0 Å². The number of nitrogens with one attached hydrogen (secondary N) is 2. The van der Waals surface area contributed by atoms with Crippen LogP contribution in [0.4, 0.5) is 0 Å². The molecule has 6 aliphatic heterocycles. The first kappa shape index (κ1) is 57.2. The molecule has 0 aromatic rings. The fourth-order valence-corrected chi connectivity index (χ4v) is 9.12. The molecule has 6 heterocycles. The number of aliphatic hydroxyl groups is 15. The predicted molar refractivity (Wildman–Crippen MR) is 218 cm³/mol. The van der Waals surface area contributed by atoms with E-state index in [0.29, 0.717) is 0 Å². The molecule has 0 aromatic carbocycles. The van der Waals surface area contributed by atoms with Crippen LogP contribution in [0.15, 0.2) is 0 Å². The van der Waals surface area contributed by atoms with E-state index in [-0.39, 0.29) is 0 Å². The van der Waals surface area contributed by atoms with E-state index in [1.54, 1.807) is 0 Å². The van der Waals surface area contributed by atoms with Crippen LogP contribution in [0, 0.1) is 0 Å². The fourth-order valence-electron chi connectivity index (χ4n) is 9.12. The summed E-state index contributed by atoms with van der Waals surface area (Å²) in [7, 11) is 0. The van der Waals surface area contributed by atoms with Gasteiger partial charge in [0.25, 0.3) is 0 Å². The van der Waals surface area contributed by atoms with Crippen LogP contribution in [0.3, 0.4) is 0 Å². The van der Waals surface area contributed by atoms with Gasteiger partial charge in [-0.25, -0.2) is 0 Å². The molecule has 2 amide bonds. The highest BCUT2D eigenvalue weighted by Gasteiger charge is 2.58. The lowest BCUT2D eigenvalue weighted by Crippen LogP contribution is -2.70. The Hall–Kier alpha value is -2.10. The van der Waals surface area contributed by atoms with Gasteiger partial charge < -0.3 is 139 Å². The summed E-state index contributed by atoms with van der Waals surface area (Å²) in [4.78, 5) is 24.6. The van der Waals surface area contributed by atoms with Crippen LogP contribution in [0.2, 0.25) is 0 Å². The van der Waals surface area contributed by atoms with Crippen LogP contribution in [-0.2, 0) is 61.7 Å². The Morgan fingerprint density at radius 3 is 1.20 bits per heavy atom. The summed E-state index contributed by atoms with van der Waals surface area (Å²) in [5.74, 6) is -1.49. The molecule has 30 atom stereocenters. The molecule has 30 nitrogen and oxygen atoms in total. The molecule has 6 aliphatic rings. The highest BCUT2D eigenvalue weighted by molar-refractivity contribution is 5.73.